The van der Waals surface area contributed by atoms with E-state index in [1.54, 1.807) is 7.05 Å². The third-order valence-electron chi connectivity index (χ3n) is 4.05. The maximum Gasteiger partial charge on any atom is 0.243 e. The molecule has 3 aromatic rings. The Morgan fingerprint density at radius 2 is 1.78 bits per heavy atom. The number of nitrogens with one attached hydrogen (secondary N) is 1. The second-order valence-electron chi connectivity index (χ2n) is 6.35. The predicted octanol–water partition coefficient (Wildman–Crippen LogP) is 3.76. The van der Waals surface area contributed by atoms with Crippen LogP contribution in [0.15, 0.2) is 60.0 Å². The molecule has 0 bridgehead atoms. The lowest BCUT2D eigenvalue weighted by atomic mass is 10.2. The van der Waals surface area contributed by atoms with E-state index >= 15 is 0 Å². The van der Waals surface area contributed by atoms with Crippen LogP contribution in [0, 0.1) is 6.92 Å². The second-order valence-corrected chi connectivity index (χ2v) is 7.21. The van der Waals surface area contributed by atoms with E-state index in [9.17, 15) is 9.59 Å². The lowest BCUT2D eigenvalue weighted by Gasteiger charge is -2.16. The second kappa shape index (κ2) is 8.60. The Hall–Kier alpha value is -2.99. The minimum atomic E-state index is -0.224. The maximum absolute atomic E-state index is 12.4. The number of carbonyl (C=O) groups is 2. The number of aryl methyl sites for hydroxylation is 1. The molecule has 2 aromatic carbocycles. The van der Waals surface area contributed by atoms with Crippen molar-refractivity contribution in [3.8, 4) is 10.6 Å². The van der Waals surface area contributed by atoms with Crippen LogP contribution in [0.4, 0.5) is 5.69 Å². The summed E-state index contributed by atoms with van der Waals surface area (Å²) < 4.78 is 0. The summed E-state index contributed by atoms with van der Waals surface area (Å²) in [5.41, 5.74) is 3.60. The fourth-order valence-corrected chi connectivity index (χ4v) is 3.36. The molecule has 0 radical (unpaired) electrons. The van der Waals surface area contributed by atoms with Gasteiger partial charge in [-0.3, -0.25) is 9.59 Å². The van der Waals surface area contributed by atoms with Crippen molar-refractivity contribution in [3.63, 3.8) is 0 Å². The van der Waals surface area contributed by atoms with Gasteiger partial charge in [0.15, 0.2) is 0 Å². The summed E-state index contributed by atoms with van der Waals surface area (Å²) in [7, 11) is 1.63. The van der Waals surface area contributed by atoms with Crippen molar-refractivity contribution in [1.82, 2.24) is 9.88 Å². The molecule has 5 nitrogen and oxygen atoms in total. The molecule has 0 saturated carbocycles. The summed E-state index contributed by atoms with van der Waals surface area (Å²) in [5.74, 6) is -0.364. The molecule has 0 saturated heterocycles. The molecular formula is C21H21N3O2S. The number of benzene rings is 2. The molecule has 1 N–H and O–H groups in total. The summed E-state index contributed by atoms with van der Waals surface area (Å²) in [6.45, 7) is 1.99. The standard InChI is InChI=1S/C21H21N3O2S/c1-15-8-10-17(11-9-15)22-19(25)13-24(2)20(26)12-18-14-27-21(23-18)16-6-4-3-5-7-16/h3-11,14H,12-13H2,1-2H3,(H,22,25). The monoisotopic (exact) mass is 379 g/mol. The molecule has 0 spiro atoms. The molecule has 1 aromatic heterocycles. The van der Waals surface area contributed by atoms with E-state index in [1.807, 2.05) is 66.9 Å². The molecule has 2 amide bonds. The highest BCUT2D eigenvalue weighted by molar-refractivity contribution is 7.13. The summed E-state index contributed by atoms with van der Waals surface area (Å²) in [6.07, 6.45) is 0.178. The fraction of sp³-hybridized carbons (Fsp3) is 0.190. The first-order valence-corrected chi connectivity index (χ1v) is 9.49. The van der Waals surface area contributed by atoms with Gasteiger partial charge < -0.3 is 10.2 Å². The molecule has 6 heteroatoms. The molecule has 0 aliphatic carbocycles. The van der Waals surface area contributed by atoms with E-state index < -0.39 is 0 Å². The Labute approximate surface area is 162 Å². The van der Waals surface area contributed by atoms with Crippen molar-refractivity contribution in [2.75, 3.05) is 18.9 Å². The van der Waals surface area contributed by atoms with Crippen LogP contribution in [0.3, 0.4) is 0 Å². The highest BCUT2D eigenvalue weighted by Gasteiger charge is 2.15. The van der Waals surface area contributed by atoms with Gasteiger partial charge in [0.05, 0.1) is 18.7 Å². The van der Waals surface area contributed by atoms with Crippen molar-refractivity contribution < 1.29 is 9.59 Å². The van der Waals surface area contributed by atoms with Gasteiger partial charge in [0.25, 0.3) is 0 Å². The molecule has 138 valence electrons. The number of anilines is 1. The van der Waals surface area contributed by atoms with Gasteiger partial charge in [-0.15, -0.1) is 11.3 Å². The van der Waals surface area contributed by atoms with Gasteiger partial charge in [0, 0.05) is 23.7 Å². The highest BCUT2D eigenvalue weighted by atomic mass is 32.1. The number of thiazole rings is 1. The maximum atomic E-state index is 12.4. The normalized spacial score (nSPS) is 10.4. The molecule has 0 atom stereocenters. The minimum absolute atomic E-state index is 0.00237. The van der Waals surface area contributed by atoms with Gasteiger partial charge in [-0.2, -0.15) is 0 Å². The molecule has 27 heavy (non-hydrogen) atoms. The van der Waals surface area contributed by atoms with Crippen molar-refractivity contribution >= 4 is 28.8 Å². The molecule has 3 rings (SSSR count). The van der Waals surface area contributed by atoms with Crippen molar-refractivity contribution in [1.29, 1.82) is 0 Å². The van der Waals surface area contributed by atoms with Gasteiger partial charge in [0.2, 0.25) is 11.8 Å². The molecule has 0 aliphatic rings. The van der Waals surface area contributed by atoms with Crippen LogP contribution < -0.4 is 5.32 Å². The van der Waals surface area contributed by atoms with E-state index in [0.29, 0.717) is 0 Å². The largest absolute Gasteiger partial charge is 0.336 e. The quantitative estimate of drug-likeness (QED) is 0.709. The van der Waals surface area contributed by atoms with Gasteiger partial charge in [-0.05, 0) is 19.1 Å². The van der Waals surface area contributed by atoms with Crippen LogP contribution in [0.2, 0.25) is 0 Å². The number of likely N-dealkylation sites (N-methyl/N-ethyl adjacent to an activating group) is 1. The first-order valence-electron chi connectivity index (χ1n) is 8.61. The van der Waals surface area contributed by atoms with Crippen LogP contribution in [0.25, 0.3) is 10.6 Å². The van der Waals surface area contributed by atoms with Gasteiger partial charge >= 0.3 is 0 Å². The van der Waals surface area contributed by atoms with Crippen molar-refractivity contribution in [2.24, 2.45) is 0 Å². The van der Waals surface area contributed by atoms with Gasteiger partial charge in [-0.1, -0.05) is 48.0 Å². The first kappa shape index (κ1) is 18.8. The van der Waals surface area contributed by atoms with Crippen LogP contribution >= 0.6 is 11.3 Å². The average Bonchev–Trinajstić information content (AvgIpc) is 3.12. The lowest BCUT2D eigenvalue weighted by molar-refractivity contribution is -0.132. The van der Waals surface area contributed by atoms with E-state index in [2.05, 4.69) is 10.3 Å². The number of hydrogen-bond acceptors (Lipinski definition) is 4. The van der Waals surface area contributed by atoms with Crippen LogP contribution in [-0.4, -0.2) is 35.3 Å². The topological polar surface area (TPSA) is 62.3 Å². The molecule has 0 unspecified atom stereocenters. The molecule has 0 aliphatic heterocycles. The smallest absolute Gasteiger partial charge is 0.243 e. The molecule has 0 fully saturated rings. The van der Waals surface area contributed by atoms with Gasteiger partial charge in [0.1, 0.15) is 5.01 Å². The van der Waals surface area contributed by atoms with E-state index in [-0.39, 0.29) is 24.8 Å². The van der Waals surface area contributed by atoms with Crippen LogP contribution in [-0.2, 0) is 16.0 Å². The van der Waals surface area contributed by atoms with E-state index in [4.69, 9.17) is 0 Å². The number of aromatic nitrogens is 1. The van der Waals surface area contributed by atoms with Crippen LogP contribution in [0.5, 0.6) is 0 Å². The predicted molar refractivity (Wildman–Crippen MR) is 109 cm³/mol. The average molecular weight is 379 g/mol. The Morgan fingerprint density at radius 3 is 2.48 bits per heavy atom. The minimum Gasteiger partial charge on any atom is -0.336 e. The summed E-state index contributed by atoms with van der Waals surface area (Å²) in [6, 6.07) is 17.4. The van der Waals surface area contributed by atoms with Crippen LogP contribution in [0.1, 0.15) is 11.3 Å². The Balaban J connectivity index is 1.54. The summed E-state index contributed by atoms with van der Waals surface area (Å²) >= 11 is 1.51. The number of hydrogen-bond donors (Lipinski definition) is 1. The fourth-order valence-electron chi connectivity index (χ4n) is 2.53. The third-order valence-corrected chi connectivity index (χ3v) is 4.99. The Bertz CT molecular complexity index is 920. The zero-order valence-corrected chi connectivity index (χ0v) is 16.1. The number of amides is 2. The zero-order valence-electron chi connectivity index (χ0n) is 15.3. The zero-order chi connectivity index (χ0) is 19.2. The Morgan fingerprint density at radius 1 is 1.07 bits per heavy atom. The molecule has 1 heterocycles. The molecular weight excluding hydrogens is 358 g/mol. The third kappa shape index (κ3) is 5.24. The Kier molecular flexibility index (Phi) is 5.98. The number of carbonyl (C=O) groups excluding carboxylic acids is 2. The van der Waals surface area contributed by atoms with Gasteiger partial charge in [-0.25, -0.2) is 4.98 Å². The van der Waals surface area contributed by atoms with E-state index in [1.165, 1.54) is 16.2 Å². The first-order chi connectivity index (χ1) is 13.0. The van der Waals surface area contributed by atoms with Crippen molar-refractivity contribution in [3.05, 3.63) is 71.2 Å². The number of nitrogens with zero attached hydrogens (tertiary/aromatic N) is 2. The summed E-state index contributed by atoms with van der Waals surface area (Å²) in [5, 5.41) is 5.57. The SMILES string of the molecule is Cc1ccc(NC(=O)CN(C)C(=O)Cc2csc(-c3ccccc3)n2)cc1. The number of rotatable bonds is 6. The van der Waals surface area contributed by atoms with Crippen molar-refractivity contribution in [2.45, 2.75) is 13.3 Å². The summed E-state index contributed by atoms with van der Waals surface area (Å²) in [4.78, 5) is 30.5. The van der Waals surface area contributed by atoms with E-state index in [0.717, 1.165) is 27.5 Å². The highest BCUT2D eigenvalue weighted by Crippen LogP contribution is 2.23. The lowest BCUT2D eigenvalue weighted by Crippen LogP contribution is -2.35.